The van der Waals surface area contributed by atoms with Gasteiger partial charge in [-0.2, -0.15) is 4.98 Å². The molecule has 2 heterocycles. The summed E-state index contributed by atoms with van der Waals surface area (Å²) < 4.78 is 25.0. The van der Waals surface area contributed by atoms with Crippen LogP contribution in [0.25, 0.3) is 11.0 Å². The van der Waals surface area contributed by atoms with Crippen molar-refractivity contribution in [2.45, 2.75) is 50.1 Å². The van der Waals surface area contributed by atoms with E-state index in [4.69, 9.17) is 10.1 Å². The molecule has 3 aromatic rings. The molecule has 0 aliphatic heterocycles. The highest BCUT2D eigenvalue weighted by molar-refractivity contribution is 7.89. The van der Waals surface area contributed by atoms with Crippen molar-refractivity contribution in [2.24, 2.45) is 5.14 Å². The maximum absolute atomic E-state index is 11.4. The van der Waals surface area contributed by atoms with Crippen LogP contribution in [0.1, 0.15) is 32.6 Å². The molecular weight excluding hydrogens is 376 g/mol. The van der Waals surface area contributed by atoms with Gasteiger partial charge in [0.15, 0.2) is 5.82 Å². The van der Waals surface area contributed by atoms with E-state index < -0.39 is 10.0 Å². The third-order valence-electron chi connectivity index (χ3n) is 5.09. The Labute approximate surface area is 164 Å². The van der Waals surface area contributed by atoms with Gasteiger partial charge in [0.1, 0.15) is 5.52 Å². The van der Waals surface area contributed by atoms with Crippen LogP contribution in [-0.4, -0.2) is 29.0 Å². The lowest BCUT2D eigenvalue weighted by Crippen LogP contribution is -2.17. The van der Waals surface area contributed by atoms with Crippen molar-refractivity contribution in [3.63, 3.8) is 0 Å². The van der Waals surface area contributed by atoms with Crippen molar-refractivity contribution < 1.29 is 8.42 Å². The Hall–Kier alpha value is -2.65. The topological polar surface area (TPSA) is 115 Å². The fourth-order valence-corrected chi connectivity index (χ4v) is 4.16. The van der Waals surface area contributed by atoms with Gasteiger partial charge < -0.3 is 15.2 Å². The van der Waals surface area contributed by atoms with E-state index >= 15 is 0 Å². The minimum absolute atomic E-state index is 0.0676. The molecule has 4 rings (SSSR count). The van der Waals surface area contributed by atoms with Crippen molar-refractivity contribution in [1.82, 2.24) is 14.5 Å². The molecule has 0 unspecified atom stereocenters. The number of nitrogens with one attached hydrogen (secondary N) is 2. The number of fused-ring (bicyclic) bond motifs is 1. The zero-order valence-corrected chi connectivity index (χ0v) is 16.5. The van der Waals surface area contributed by atoms with E-state index in [0.717, 1.165) is 36.2 Å². The molecule has 0 atom stereocenters. The maximum atomic E-state index is 11.4. The Morgan fingerprint density at radius 3 is 2.50 bits per heavy atom. The molecule has 8 nitrogen and oxygen atoms in total. The molecule has 1 fully saturated rings. The number of hydrogen-bond acceptors (Lipinski definition) is 6. The van der Waals surface area contributed by atoms with Crippen molar-refractivity contribution in [3.05, 3.63) is 36.5 Å². The van der Waals surface area contributed by atoms with Gasteiger partial charge in [-0.1, -0.05) is 12.8 Å². The Morgan fingerprint density at radius 1 is 1.14 bits per heavy atom. The molecule has 1 aliphatic rings. The lowest BCUT2D eigenvalue weighted by molar-refractivity contribution is 0.598. The summed E-state index contributed by atoms with van der Waals surface area (Å²) in [6.07, 6.45) is 6.79. The van der Waals surface area contributed by atoms with E-state index in [9.17, 15) is 8.42 Å². The van der Waals surface area contributed by atoms with E-state index in [1.54, 1.807) is 12.1 Å². The maximum Gasteiger partial charge on any atom is 0.238 e. The van der Waals surface area contributed by atoms with Crippen molar-refractivity contribution in [3.8, 4) is 0 Å². The van der Waals surface area contributed by atoms with Crippen LogP contribution >= 0.6 is 0 Å². The van der Waals surface area contributed by atoms with Gasteiger partial charge in [0, 0.05) is 24.5 Å². The fraction of sp³-hybridized carbons (Fsp3) is 0.368. The molecule has 0 saturated heterocycles. The molecule has 0 amide bonds. The third-order valence-corrected chi connectivity index (χ3v) is 6.02. The highest BCUT2D eigenvalue weighted by Gasteiger charge is 2.19. The highest BCUT2D eigenvalue weighted by atomic mass is 32.2. The molecule has 1 aliphatic carbocycles. The van der Waals surface area contributed by atoms with Gasteiger partial charge in [-0.25, -0.2) is 18.5 Å². The van der Waals surface area contributed by atoms with E-state index in [1.807, 2.05) is 12.3 Å². The Balaban J connectivity index is 1.67. The van der Waals surface area contributed by atoms with Gasteiger partial charge >= 0.3 is 0 Å². The molecule has 9 heteroatoms. The molecular formula is C19H24N6O2S. The fourth-order valence-electron chi connectivity index (χ4n) is 3.65. The number of benzene rings is 1. The first-order chi connectivity index (χ1) is 13.4. The van der Waals surface area contributed by atoms with Crippen molar-refractivity contribution in [2.75, 3.05) is 10.6 Å². The normalized spacial score (nSPS) is 15.2. The Morgan fingerprint density at radius 2 is 1.86 bits per heavy atom. The first-order valence-electron chi connectivity index (χ1n) is 9.47. The predicted octanol–water partition coefficient (Wildman–Crippen LogP) is 3.20. The van der Waals surface area contributed by atoms with E-state index in [-0.39, 0.29) is 4.90 Å². The summed E-state index contributed by atoms with van der Waals surface area (Å²) in [6, 6.07) is 8.63. The average Bonchev–Trinajstić information content (AvgIpc) is 3.31. The summed E-state index contributed by atoms with van der Waals surface area (Å²) in [4.78, 5) is 9.40. The van der Waals surface area contributed by atoms with Crippen LogP contribution < -0.4 is 15.8 Å². The standard InChI is InChI=1S/C19H24N6O2S/c1-2-25-12-11-16-17(25)18(21-13-5-3-4-6-13)24-19(23-16)22-14-7-9-15(10-8-14)28(20,26)27/h7-13H,2-6H2,1H3,(H2,20,26,27)(H2,21,22,23,24). The lowest BCUT2D eigenvalue weighted by atomic mass is 10.2. The number of nitrogens with zero attached hydrogens (tertiary/aromatic N) is 3. The summed E-state index contributed by atoms with van der Waals surface area (Å²) >= 11 is 0. The van der Waals surface area contributed by atoms with E-state index in [0.29, 0.717) is 17.7 Å². The minimum atomic E-state index is -3.71. The number of primary sulfonamides is 1. The summed E-state index contributed by atoms with van der Waals surface area (Å²) in [5.41, 5.74) is 2.55. The molecule has 28 heavy (non-hydrogen) atoms. The second-order valence-electron chi connectivity index (χ2n) is 7.05. The largest absolute Gasteiger partial charge is 0.365 e. The number of anilines is 3. The highest BCUT2D eigenvalue weighted by Crippen LogP contribution is 2.28. The second kappa shape index (κ2) is 7.40. The zero-order valence-electron chi connectivity index (χ0n) is 15.7. The molecule has 4 N–H and O–H groups in total. The van der Waals surface area contributed by atoms with Gasteiger partial charge in [-0.05, 0) is 50.1 Å². The number of aryl methyl sites for hydroxylation is 1. The molecule has 0 bridgehead atoms. The number of hydrogen-bond donors (Lipinski definition) is 3. The van der Waals surface area contributed by atoms with Gasteiger partial charge in [-0.3, -0.25) is 0 Å². The van der Waals surface area contributed by atoms with Crippen LogP contribution in [-0.2, 0) is 16.6 Å². The van der Waals surface area contributed by atoms with Gasteiger partial charge in [0.05, 0.1) is 10.4 Å². The monoisotopic (exact) mass is 400 g/mol. The van der Waals surface area contributed by atoms with Gasteiger partial charge in [-0.15, -0.1) is 0 Å². The van der Waals surface area contributed by atoms with Crippen LogP contribution in [0.5, 0.6) is 0 Å². The molecule has 1 saturated carbocycles. The zero-order chi connectivity index (χ0) is 19.7. The van der Waals surface area contributed by atoms with E-state index in [1.165, 1.54) is 25.0 Å². The molecule has 2 aromatic heterocycles. The summed E-state index contributed by atoms with van der Waals surface area (Å²) in [6.45, 7) is 2.94. The Kier molecular flexibility index (Phi) is 4.94. The molecule has 0 spiro atoms. The van der Waals surface area contributed by atoms with Gasteiger partial charge in [0.25, 0.3) is 0 Å². The number of aromatic nitrogens is 3. The first kappa shape index (κ1) is 18.7. The van der Waals surface area contributed by atoms with Crippen LogP contribution in [0.3, 0.4) is 0 Å². The lowest BCUT2D eigenvalue weighted by Gasteiger charge is -2.16. The SMILES string of the molecule is CCn1ccc2nc(Nc3ccc(S(N)(=O)=O)cc3)nc(NC3CCCC3)c21. The average molecular weight is 401 g/mol. The first-order valence-corrected chi connectivity index (χ1v) is 11.0. The summed E-state index contributed by atoms with van der Waals surface area (Å²) in [5.74, 6) is 1.29. The quantitative estimate of drug-likeness (QED) is 0.585. The minimum Gasteiger partial charge on any atom is -0.365 e. The van der Waals surface area contributed by atoms with Crippen LogP contribution in [0.15, 0.2) is 41.4 Å². The van der Waals surface area contributed by atoms with Crippen LogP contribution in [0, 0.1) is 0 Å². The van der Waals surface area contributed by atoms with Crippen molar-refractivity contribution >= 4 is 38.5 Å². The number of nitrogens with two attached hydrogens (primary N) is 1. The summed E-state index contributed by atoms with van der Waals surface area (Å²) in [5, 5.41) is 11.9. The van der Waals surface area contributed by atoms with E-state index in [2.05, 4.69) is 27.1 Å². The third kappa shape index (κ3) is 3.81. The van der Waals surface area contributed by atoms with Gasteiger partial charge in [0.2, 0.25) is 16.0 Å². The summed E-state index contributed by atoms with van der Waals surface area (Å²) in [7, 11) is -3.71. The predicted molar refractivity (Wildman–Crippen MR) is 110 cm³/mol. The Bertz CT molecular complexity index is 1090. The molecule has 1 aromatic carbocycles. The number of sulfonamides is 1. The molecule has 0 radical (unpaired) electrons. The van der Waals surface area contributed by atoms with Crippen molar-refractivity contribution in [1.29, 1.82) is 0 Å². The second-order valence-corrected chi connectivity index (χ2v) is 8.61. The smallest absolute Gasteiger partial charge is 0.238 e. The van der Waals surface area contributed by atoms with Crippen LogP contribution in [0.2, 0.25) is 0 Å². The molecule has 148 valence electrons. The number of rotatable bonds is 6. The van der Waals surface area contributed by atoms with Crippen LogP contribution in [0.4, 0.5) is 17.5 Å².